The Hall–Kier alpha value is -1.94. The summed E-state index contributed by atoms with van der Waals surface area (Å²) in [5.74, 6) is 0.345. The summed E-state index contributed by atoms with van der Waals surface area (Å²) < 4.78 is 68.7. The minimum atomic E-state index is -4.96. The van der Waals surface area contributed by atoms with E-state index in [0.717, 1.165) is 108 Å². The zero-order valence-electron chi connectivity index (χ0n) is 65.7. The number of rotatable bonds is 79. The normalized spacial score (nSPS) is 14.5. The summed E-state index contributed by atoms with van der Waals surface area (Å²) in [6.45, 7) is 12.0. The van der Waals surface area contributed by atoms with Crippen LogP contribution in [0.5, 0.6) is 0 Å². The molecule has 0 aliphatic carbocycles. The van der Waals surface area contributed by atoms with E-state index in [0.29, 0.717) is 25.7 Å². The first kappa shape index (κ1) is 98.1. The smallest absolute Gasteiger partial charge is 0.462 e. The van der Waals surface area contributed by atoms with Crippen LogP contribution in [0.2, 0.25) is 0 Å². The first-order valence-corrected chi connectivity index (χ1v) is 44.9. The number of carbonyl (C=O) groups is 4. The van der Waals surface area contributed by atoms with Crippen LogP contribution in [0.4, 0.5) is 0 Å². The lowest BCUT2D eigenvalue weighted by Gasteiger charge is -2.21. The van der Waals surface area contributed by atoms with Gasteiger partial charge in [-0.05, 0) is 43.4 Å². The van der Waals surface area contributed by atoms with Crippen LogP contribution in [0.15, 0.2) is 0 Å². The zero-order valence-corrected chi connectivity index (χ0v) is 67.5. The van der Waals surface area contributed by atoms with Gasteiger partial charge in [-0.1, -0.05) is 370 Å². The third-order valence-electron chi connectivity index (χ3n) is 19.6. The Morgan fingerprint density at radius 1 is 0.290 bits per heavy atom. The lowest BCUT2D eigenvalue weighted by molar-refractivity contribution is -0.161. The summed E-state index contributed by atoms with van der Waals surface area (Å²) >= 11 is 0. The predicted molar refractivity (Wildman–Crippen MR) is 409 cm³/mol. The van der Waals surface area contributed by atoms with Crippen LogP contribution in [-0.4, -0.2) is 96.7 Å². The van der Waals surface area contributed by atoms with E-state index in [2.05, 4.69) is 48.5 Å². The van der Waals surface area contributed by atoms with Crippen LogP contribution in [0.1, 0.15) is 421 Å². The molecule has 594 valence electrons. The van der Waals surface area contributed by atoms with Gasteiger partial charge in [0.05, 0.1) is 26.4 Å². The van der Waals surface area contributed by atoms with Crippen molar-refractivity contribution in [3.8, 4) is 0 Å². The van der Waals surface area contributed by atoms with Crippen molar-refractivity contribution >= 4 is 39.5 Å². The summed E-state index contributed by atoms with van der Waals surface area (Å²) in [5, 5.41) is 10.6. The van der Waals surface area contributed by atoms with Gasteiger partial charge >= 0.3 is 39.5 Å². The fraction of sp³-hybridized carbons (Fsp3) is 0.951. The molecule has 0 rings (SSSR count). The Morgan fingerprint density at radius 2 is 0.510 bits per heavy atom. The van der Waals surface area contributed by atoms with Gasteiger partial charge in [-0.2, -0.15) is 0 Å². The van der Waals surface area contributed by atoms with Crippen molar-refractivity contribution in [2.75, 3.05) is 39.6 Å². The van der Waals surface area contributed by atoms with E-state index in [1.807, 2.05) is 0 Å². The molecular weight excluding hydrogens is 1310 g/mol. The maximum atomic E-state index is 13.1. The van der Waals surface area contributed by atoms with E-state index in [1.54, 1.807) is 0 Å². The monoisotopic (exact) mass is 1470 g/mol. The number of hydrogen-bond donors (Lipinski definition) is 3. The number of aliphatic hydroxyl groups excluding tert-OH is 1. The molecule has 0 fully saturated rings. The SMILES string of the molecule is CCCCCCCCCCCCC(=O)OC[C@H](COP(=O)(O)OC[C@H](O)COP(=O)(O)OC[C@@H](COC(=O)CCCCCCCCCCCCCCCCC(C)CC)OC(=O)CCCCCCCCCCCCCCCCCC(C)C)OC(=O)CCCCCCCCCCCCC(C)CC. The molecule has 4 unspecified atom stereocenters. The number of ether oxygens (including phenoxy) is 4. The van der Waals surface area contributed by atoms with Gasteiger partial charge in [0.1, 0.15) is 19.3 Å². The molecule has 0 saturated heterocycles. The Balaban J connectivity index is 5.25. The summed E-state index contributed by atoms with van der Waals surface area (Å²) in [6.07, 6.45) is 59.4. The van der Waals surface area contributed by atoms with E-state index >= 15 is 0 Å². The summed E-state index contributed by atoms with van der Waals surface area (Å²) in [7, 11) is -9.92. The number of hydrogen-bond acceptors (Lipinski definition) is 15. The standard InChI is InChI=1S/C81H158O17P2/c1-8-11-12-13-14-15-34-41-48-55-62-78(83)91-68-76(98-81(86)65-58-51-44-37-30-29-33-40-47-54-61-74(7)10-3)70-95-99(87,88)93-66-75(82)67-94-100(89,90)96-71-77(97-80(85)64-57-50-43-36-28-24-18-16-17-21-25-31-38-45-52-59-72(4)5)69-92-79(84)63-56-49-42-35-27-23-20-19-22-26-32-39-46-53-60-73(6)9-2/h72-77,82H,8-71H2,1-7H3,(H,87,88)(H,89,90)/t73?,74?,75-,76+,77+/m0/s1. The maximum absolute atomic E-state index is 13.1. The molecule has 0 aliphatic rings. The first-order valence-electron chi connectivity index (χ1n) is 41.9. The van der Waals surface area contributed by atoms with Crippen molar-refractivity contribution in [1.29, 1.82) is 0 Å². The van der Waals surface area contributed by atoms with Crippen LogP contribution < -0.4 is 0 Å². The molecule has 0 saturated carbocycles. The Labute approximate surface area is 613 Å². The van der Waals surface area contributed by atoms with Gasteiger partial charge in [0.2, 0.25) is 0 Å². The number of unbranched alkanes of at least 4 members (excludes halogenated alkanes) is 45. The van der Waals surface area contributed by atoms with Crippen LogP contribution in [-0.2, 0) is 65.4 Å². The summed E-state index contributed by atoms with van der Waals surface area (Å²) in [4.78, 5) is 73.0. The minimum absolute atomic E-state index is 0.106. The average molecular weight is 1470 g/mol. The molecule has 0 aliphatic heterocycles. The number of phosphoric acid groups is 2. The van der Waals surface area contributed by atoms with Crippen molar-refractivity contribution in [2.45, 2.75) is 439 Å². The highest BCUT2D eigenvalue weighted by atomic mass is 31.2. The fourth-order valence-electron chi connectivity index (χ4n) is 12.4. The second-order valence-electron chi connectivity index (χ2n) is 30.1. The fourth-order valence-corrected chi connectivity index (χ4v) is 14.0. The Morgan fingerprint density at radius 3 is 0.760 bits per heavy atom. The third kappa shape index (κ3) is 71.7. The van der Waals surface area contributed by atoms with Crippen molar-refractivity contribution in [3.05, 3.63) is 0 Å². The quantitative estimate of drug-likeness (QED) is 0.0222. The van der Waals surface area contributed by atoms with Crippen molar-refractivity contribution in [2.24, 2.45) is 17.8 Å². The lowest BCUT2D eigenvalue weighted by atomic mass is 9.99. The molecule has 19 heteroatoms. The molecule has 100 heavy (non-hydrogen) atoms. The molecule has 7 atom stereocenters. The van der Waals surface area contributed by atoms with E-state index in [4.69, 9.17) is 37.0 Å². The number of esters is 4. The highest BCUT2D eigenvalue weighted by Gasteiger charge is 2.30. The topological polar surface area (TPSA) is 237 Å². The van der Waals surface area contributed by atoms with Gasteiger partial charge in [0, 0.05) is 25.7 Å². The minimum Gasteiger partial charge on any atom is -0.462 e. The molecule has 0 aromatic carbocycles. The van der Waals surface area contributed by atoms with Gasteiger partial charge < -0.3 is 33.8 Å². The van der Waals surface area contributed by atoms with Crippen molar-refractivity contribution in [3.63, 3.8) is 0 Å². The van der Waals surface area contributed by atoms with Crippen molar-refractivity contribution < 1.29 is 80.2 Å². The molecule has 3 N–H and O–H groups in total. The number of aliphatic hydroxyl groups is 1. The molecule has 0 amide bonds. The molecule has 17 nitrogen and oxygen atoms in total. The van der Waals surface area contributed by atoms with Crippen LogP contribution in [0.3, 0.4) is 0 Å². The van der Waals surface area contributed by atoms with Crippen LogP contribution in [0, 0.1) is 17.8 Å². The maximum Gasteiger partial charge on any atom is 0.472 e. The highest BCUT2D eigenvalue weighted by molar-refractivity contribution is 7.47. The second kappa shape index (κ2) is 71.3. The molecule has 0 spiro atoms. The van der Waals surface area contributed by atoms with Gasteiger partial charge in [0.15, 0.2) is 12.2 Å². The van der Waals surface area contributed by atoms with Crippen LogP contribution >= 0.6 is 15.6 Å². The molecule has 0 radical (unpaired) electrons. The van der Waals surface area contributed by atoms with Crippen LogP contribution in [0.25, 0.3) is 0 Å². The Kier molecular flexibility index (Phi) is 69.9. The molecule has 0 heterocycles. The molecule has 0 aromatic heterocycles. The highest BCUT2D eigenvalue weighted by Crippen LogP contribution is 2.45. The summed E-state index contributed by atoms with van der Waals surface area (Å²) in [5.41, 5.74) is 0. The number of phosphoric ester groups is 2. The van der Waals surface area contributed by atoms with Gasteiger partial charge in [-0.25, -0.2) is 9.13 Å². The van der Waals surface area contributed by atoms with Gasteiger partial charge in [-0.3, -0.25) is 37.3 Å². The van der Waals surface area contributed by atoms with Gasteiger partial charge in [-0.15, -0.1) is 0 Å². The van der Waals surface area contributed by atoms with E-state index in [9.17, 15) is 43.2 Å². The van der Waals surface area contributed by atoms with E-state index in [-0.39, 0.29) is 25.7 Å². The van der Waals surface area contributed by atoms with E-state index in [1.165, 1.54) is 231 Å². The summed E-state index contributed by atoms with van der Waals surface area (Å²) in [6, 6.07) is 0. The predicted octanol–water partition coefficient (Wildman–Crippen LogP) is 24.1. The molecule has 0 aromatic rings. The van der Waals surface area contributed by atoms with Crippen molar-refractivity contribution in [1.82, 2.24) is 0 Å². The zero-order chi connectivity index (χ0) is 73.7. The first-order chi connectivity index (χ1) is 48.3. The Bertz CT molecular complexity index is 1940. The lowest BCUT2D eigenvalue weighted by Crippen LogP contribution is -2.30. The third-order valence-corrected chi connectivity index (χ3v) is 21.5. The van der Waals surface area contributed by atoms with E-state index < -0.39 is 97.5 Å². The number of carbonyl (C=O) groups excluding carboxylic acids is 4. The second-order valence-corrected chi connectivity index (χ2v) is 33.0. The largest absolute Gasteiger partial charge is 0.472 e. The van der Waals surface area contributed by atoms with Gasteiger partial charge in [0.25, 0.3) is 0 Å². The average Bonchev–Trinajstić information content (AvgIpc) is 1.42. The molecular formula is C81H158O17P2. The molecule has 0 bridgehead atoms.